The standard InChI is InChI=1S/C25H23N5O2S.C2HF3O2/c26-15-20(24-28-22-3-1-2-4-23(22)33-24)21-9-10-27-25(29-21)32-17-19-7-5-18(6-8-19)16-30-11-13-31-14-12-30;3-2(4,5)1(6)7/h1-10,20H,11-14,16-17H2;(H,6,7). The summed E-state index contributed by atoms with van der Waals surface area (Å²) in [7, 11) is 0. The molecule has 0 spiro atoms. The highest BCUT2D eigenvalue weighted by Gasteiger charge is 2.38. The van der Waals surface area contributed by atoms with Gasteiger partial charge in [-0.3, -0.25) is 4.90 Å². The molecule has 1 aliphatic heterocycles. The Hall–Kier alpha value is -4.12. The van der Waals surface area contributed by atoms with Gasteiger partial charge in [-0.15, -0.1) is 11.3 Å². The molecule has 1 atom stereocenters. The zero-order valence-corrected chi connectivity index (χ0v) is 21.9. The van der Waals surface area contributed by atoms with E-state index in [4.69, 9.17) is 19.4 Å². The van der Waals surface area contributed by atoms with E-state index in [2.05, 4.69) is 50.2 Å². The minimum absolute atomic E-state index is 0.256. The van der Waals surface area contributed by atoms with Gasteiger partial charge in [-0.25, -0.2) is 14.8 Å². The minimum Gasteiger partial charge on any atom is -0.475 e. The Labute approximate surface area is 231 Å². The number of rotatable bonds is 7. The average molecular weight is 572 g/mol. The Balaban J connectivity index is 0.000000470. The molecule has 0 radical (unpaired) electrons. The lowest BCUT2D eigenvalue weighted by atomic mass is 10.1. The Morgan fingerprint density at radius 3 is 2.42 bits per heavy atom. The van der Waals surface area contributed by atoms with E-state index >= 15 is 0 Å². The first-order chi connectivity index (χ1) is 19.2. The van der Waals surface area contributed by atoms with Crippen LogP contribution in [0.4, 0.5) is 13.2 Å². The summed E-state index contributed by atoms with van der Waals surface area (Å²) in [6.07, 6.45) is -3.46. The van der Waals surface area contributed by atoms with Crippen molar-refractivity contribution in [2.24, 2.45) is 0 Å². The molecule has 2 aromatic heterocycles. The van der Waals surface area contributed by atoms with Crippen LogP contribution >= 0.6 is 11.3 Å². The largest absolute Gasteiger partial charge is 0.490 e. The third kappa shape index (κ3) is 7.95. The SMILES string of the molecule is N#CC(c1ccnc(OCc2ccc(CN3CCOCC3)cc2)n1)c1nc2ccccc2s1.O=C(O)C(F)(F)F. The fourth-order valence-corrected chi connectivity index (χ4v) is 4.78. The molecule has 13 heteroatoms. The number of nitrogens with zero attached hydrogens (tertiary/aromatic N) is 5. The molecule has 3 heterocycles. The second kappa shape index (κ2) is 13.3. The van der Waals surface area contributed by atoms with Gasteiger partial charge in [0.15, 0.2) is 0 Å². The average Bonchev–Trinajstić information content (AvgIpc) is 3.38. The summed E-state index contributed by atoms with van der Waals surface area (Å²) in [6, 6.07) is 20.6. The summed E-state index contributed by atoms with van der Waals surface area (Å²) in [4.78, 5) is 24.6. The number of nitriles is 1. The predicted octanol–water partition coefficient (Wildman–Crippen LogP) is 4.79. The van der Waals surface area contributed by atoms with Crippen LogP contribution in [0.15, 0.2) is 60.8 Å². The zero-order valence-electron chi connectivity index (χ0n) is 21.0. The molecule has 4 aromatic rings. The van der Waals surface area contributed by atoms with Crippen LogP contribution in [0.3, 0.4) is 0 Å². The Kier molecular flexibility index (Phi) is 9.60. The van der Waals surface area contributed by atoms with Crippen LogP contribution in [0, 0.1) is 11.3 Å². The van der Waals surface area contributed by atoms with Gasteiger partial charge >= 0.3 is 18.2 Å². The van der Waals surface area contributed by atoms with Crippen molar-refractivity contribution in [1.29, 1.82) is 5.26 Å². The maximum Gasteiger partial charge on any atom is 0.490 e. The first kappa shape index (κ1) is 28.9. The molecule has 208 valence electrons. The van der Waals surface area contributed by atoms with Crippen LogP contribution in [0.1, 0.15) is 27.7 Å². The van der Waals surface area contributed by atoms with Crippen molar-refractivity contribution in [2.45, 2.75) is 25.2 Å². The van der Waals surface area contributed by atoms with Gasteiger partial charge in [-0.1, -0.05) is 36.4 Å². The summed E-state index contributed by atoms with van der Waals surface area (Å²) in [5, 5.41) is 17.7. The number of benzene rings is 2. The van der Waals surface area contributed by atoms with Crippen molar-refractivity contribution in [3.63, 3.8) is 0 Å². The number of para-hydroxylation sites is 1. The first-order valence-electron chi connectivity index (χ1n) is 12.1. The molecule has 1 N–H and O–H groups in total. The molecule has 40 heavy (non-hydrogen) atoms. The van der Waals surface area contributed by atoms with Gasteiger partial charge in [0, 0.05) is 25.8 Å². The van der Waals surface area contributed by atoms with Crippen LogP contribution in [0.2, 0.25) is 0 Å². The van der Waals surface area contributed by atoms with Crippen molar-refractivity contribution in [3.8, 4) is 12.1 Å². The number of hydrogen-bond donors (Lipinski definition) is 1. The predicted molar refractivity (Wildman–Crippen MR) is 140 cm³/mol. The number of aliphatic carboxylic acids is 1. The number of carboxylic acid groups (broad SMARTS) is 1. The minimum atomic E-state index is -5.08. The molecule has 1 aliphatic rings. The van der Waals surface area contributed by atoms with Crippen molar-refractivity contribution < 1.29 is 32.5 Å². The summed E-state index contributed by atoms with van der Waals surface area (Å²) in [5.41, 5.74) is 3.78. The molecule has 5 rings (SSSR count). The summed E-state index contributed by atoms with van der Waals surface area (Å²) < 4.78 is 44.0. The molecule has 9 nitrogen and oxygen atoms in total. The number of alkyl halides is 3. The van der Waals surface area contributed by atoms with Crippen LogP contribution < -0.4 is 4.74 Å². The number of morpholine rings is 1. The number of fused-ring (bicyclic) bond motifs is 1. The molecule has 1 unspecified atom stereocenters. The van der Waals surface area contributed by atoms with E-state index < -0.39 is 18.1 Å². The Bertz CT molecular complexity index is 1430. The Morgan fingerprint density at radius 1 is 1.10 bits per heavy atom. The number of carboxylic acids is 1. The van der Waals surface area contributed by atoms with Crippen LogP contribution in [-0.2, 0) is 22.7 Å². The number of hydrogen-bond acceptors (Lipinski definition) is 9. The molecule has 0 saturated carbocycles. The molecule has 1 fully saturated rings. The zero-order chi connectivity index (χ0) is 28.5. The number of carbonyl (C=O) groups is 1. The molecular formula is C27H24F3N5O4S. The van der Waals surface area contributed by atoms with Crippen LogP contribution in [0.5, 0.6) is 6.01 Å². The fraction of sp³-hybridized carbons (Fsp3) is 0.296. The smallest absolute Gasteiger partial charge is 0.475 e. The highest BCUT2D eigenvalue weighted by molar-refractivity contribution is 7.18. The maximum atomic E-state index is 10.6. The third-order valence-electron chi connectivity index (χ3n) is 5.78. The van der Waals surface area contributed by atoms with Crippen molar-refractivity contribution in [3.05, 3.63) is 82.6 Å². The van der Waals surface area contributed by atoms with Crippen LogP contribution in [-0.4, -0.2) is 63.4 Å². The van der Waals surface area contributed by atoms with Gasteiger partial charge in [0.2, 0.25) is 0 Å². The quantitative estimate of drug-likeness (QED) is 0.334. The van der Waals surface area contributed by atoms with E-state index in [1.807, 2.05) is 24.3 Å². The lowest BCUT2D eigenvalue weighted by molar-refractivity contribution is -0.192. The number of halogens is 3. The normalized spacial score (nSPS) is 14.6. The van der Waals surface area contributed by atoms with E-state index in [1.54, 1.807) is 12.3 Å². The van der Waals surface area contributed by atoms with E-state index in [0.717, 1.165) is 53.6 Å². The molecule has 0 amide bonds. The number of ether oxygens (including phenoxy) is 2. The van der Waals surface area contributed by atoms with Gasteiger partial charge in [0.1, 0.15) is 17.5 Å². The lowest BCUT2D eigenvalue weighted by Gasteiger charge is -2.26. The van der Waals surface area contributed by atoms with Gasteiger partial charge in [-0.2, -0.15) is 23.4 Å². The monoisotopic (exact) mass is 571 g/mol. The van der Waals surface area contributed by atoms with Crippen molar-refractivity contribution in [2.75, 3.05) is 26.3 Å². The van der Waals surface area contributed by atoms with E-state index in [-0.39, 0.29) is 6.01 Å². The van der Waals surface area contributed by atoms with Gasteiger partial charge in [0.05, 0.1) is 35.2 Å². The maximum absolute atomic E-state index is 10.6. The molecule has 2 aromatic carbocycles. The van der Waals surface area contributed by atoms with E-state index in [0.29, 0.717) is 12.3 Å². The molecule has 0 aliphatic carbocycles. The molecular weight excluding hydrogens is 547 g/mol. The van der Waals surface area contributed by atoms with Crippen molar-refractivity contribution in [1.82, 2.24) is 19.9 Å². The second-order valence-corrected chi connectivity index (χ2v) is 9.70. The lowest BCUT2D eigenvalue weighted by Crippen LogP contribution is -2.35. The van der Waals surface area contributed by atoms with Gasteiger partial charge < -0.3 is 14.6 Å². The number of thiazole rings is 1. The van der Waals surface area contributed by atoms with Crippen molar-refractivity contribution >= 4 is 27.5 Å². The number of aromatic nitrogens is 3. The summed E-state index contributed by atoms with van der Waals surface area (Å²) in [5.74, 6) is -3.32. The molecule has 0 bridgehead atoms. The Morgan fingerprint density at radius 2 is 1.77 bits per heavy atom. The van der Waals surface area contributed by atoms with Gasteiger partial charge in [0.25, 0.3) is 0 Å². The van der Waals surface area contributed by atoms with E-state index in [1.165, 1.54) is 16.9 Å². The topological polar surface area (TPSA) is 121 Å². The highest BCUT2D eigenvalue weighted by atomic mass is 32.1. The van der Waals surface area contributed by atoms with Gasteiger partial charge in [-0.05, 0) is 29.3 Å². The summed E-state index contributed by atoms with van der Waals surface area (Å²) in [6.45, 7) is 4.84. The third-order valence-corrected chi connectivity index (χ3v) is 6.88. The van der Waals surface area contributed by atoms with E-state index in [9.17, 15) is 18.4 Å². The fourth-order valence-electron chi connectivity index (χ4n) is 3.75. The summed E-state index contributed by atoms with van der Waals surface area (Å²) >= 11 is 1.51. The molecule has 1 saturated heterocycles. The first-order valence-corrected chi connectivity index (χ1v) is 12.9. The second-order valence-electron chi connectivity index (χ2n) is 8.64. The highest BCUT2D eigenvalue weighted by Crippen LogP contribution is 2.31. The van der Waals surface area contributed by atoms with Crippen LogP contribution in [0.25, 0.3) is 10.2 Å².